The van der Waals surface area contributed by atoms with Crippen molar-refractivity contribution in [2.24, 2.45) is 0 Å². The first kappa shape index (κ1) is 11.4. The summed E-state index contributed by atoms with van der Waals surface area (Å²) in [7, 11) is 0. The minimum absolute atomic E-state index is 0.602. The number of piperazine rings is 1. The Hall–Kier alpha value is -0.730. The van der Waals surface area contributed by atoms with Crippen LogP contribution in [0.2, 0.25) is 5.02 Å². The highest BCUT2D eigenvalue weighted by atomic mass is 35.5. The number of hydrogen-bond acceptors (Lipinski definition) is 2. The molecule has 2 heterocycles. The normalized spacial score (nSPS) is 29.4. The Balaban J connectivity index is 1.80. The molecule has 2 unspecified atom stereocenters. The number of anilines is 1. The van der Waals surface area contributed by atoms with E-state index in [1.165, 1.54) is 38.2 Å². The summed E-state index contributed by atoms with van der Waals surface area (Å²) in [6, 6.07) is 9.63. The summed E-state index contributed by atoms with van der Waals surface area (Å²) >= 11 is 5.95. The first-order valence-corrected chi connectivity index (χ1v) is 6.88. The minimum Gasteiger partial charge on any atom is -0.366 e. The number of nitrogens with zero attached hydrogens (tertiary/aromatic N) is 2. The van der Waals surface area contributed by atoms with Crippen LogP contribution >= 0.6 is 11.6 Å². The molecule has 2 fully saturated rings. The van der Waals surface area contributed by atoms with Crippen LogP contribution < -0.4 is 4.90 Å². The standard InChI is InChI=1S/C14H19ClN2/c1-11-9-16-8-2-3-14(16)10-17(11)13-6-4-12(15)5-7-13/h4-7,11,14H,2-3,8-10H2,1H3. The third-order valence-electron chi connectivity index (χ3n) is 4.10. The molecule has 1 aromatic rings. The first-order valence-electron chi connectivity index (χ1n) is 6.50. The molecule has 17 heavy (non-hydrogen) atoms. The topological polar surface area (TPSA) is 6.48 Å². The molecule has 2 aliphatic heterocycles. The predicted molar refractivity (Wildman–Crippen MR) is 72.9 cm³/mol. The summed E-state index contributed by atoms with van der Waals surface area (Å²) in [5, 5.41) is 0.820. The van der Waals surface area contributed by atoms with E-state index in [-0.39, 0.29) is 0 Å². The SMILES string of the molecule is CC1CN2CCCC2CN1c1ccc(Cl)cc1. The summed E-state index contributed by atoms with van der Waals surface area (Å²) in [4.78, 5) is 5.18. The molecule has 0 bridgehead atoms. The summed E-state index contributed by atoms with van der Waals surface area (Å²) in [5.74, 6) is 0. The van der Waals surface area contributed by atoms with E-state index in [4.69, 9.17) is 11.6 Å². The maximum Gasteiger partial charge on any atom is 0.0407 e. The van der Waals surface area contributed by atoms with Crippen LogP contribution in [0, 0.1) is 0 Å². The van der Waals surface area contributed by atoms with Crippen LogP contribution in [0.3, 0.4) is 0 Å². The lowest BCUT2D eigenvalue weighted by Gasteiger charge is -2.43. The highest BCUT2D eigenvalue weighted by molar-refractivity contribution is 6.30. The lowest BCUT2D eigenvalue weighted by atomic mass is 10.1. The first-order chi connectivity index (χ1) is 8.24. The fourth-order valence-corrected chi connectivity index (χ4v) is 3.31. The van der Waals surface area contributed by atoms with Crippen LogP contribution in [0.1, 0.15) is 19.8 Å². The number of halogens is 1. The summed E-state index contributed by atoms with van der Waals surface area (Å²) in [6.07, 6.45) is 2.72. The summed E-state index contributed by atoms with van der Waals surface area (Å²) < 4.78 is 0. The van der Waals surface area contributed by atoms with Crippen LogP contribution in [0.25, 0.3) is 0 Å². The van der Waals surface area contributed by atoms with E-state index >= 15 is 0 Å². The molecular formula is C14H19ClN2. The second kappa shape index (κ2) is 4.51. The zero-order valence-electron chi connectivity index (χ0n) is 10.3. The summed E-state index contributed by atoms with van der Waals surface area (Å²) in [5.41, 5.74) is 1.31. The van der Waals surface area contributed by atoms with Crippen molar-refractivity contribution in [3.63, 3.8) is 0 Å². The monoisotopic (exact) mass is 250 g/mol. The summed E-state index contributed by atoms with van der Waals surface area (Å²) in [6.45, 7) is 5.99. The van der Waals surface area contributed by atoms with Crippen molar-refractivity contribution < 1.29 is 0 Å². The Kier molecular flexibility index (Phi) is 3.01. The van der Waals surface area contributed by atoms with Gasteiger partial charge in [-0.15, -0.1) is 0 Å². The fraction of sp³-hybridized carbons (Fsp3) is 0.571. The van der Waals surface area contributed by atoms with Gasteiger partial charge in [-0.1, -0.05) is 11.6 Å². The van der Waals surface area contributed by atoms with Gasteiger partial charge in [0.2, 0.25) is 0 Å². The van der Waals surface area contributed by atoms with Crippen molar-refractivity contribution in [1.82, 2.24) is 4.90 Å². The molecule has 0 saturated carbocycles. The second-order valence-electron chi connectivity index (χ2n) is 5.27. The average molecular weight is 251 g/mol. The van der Waals surface area contributed by atoms with Crippen molar-refractivity contribution in [1.29, 1.82) is 0 Å². The number of fused-ring (bicyclic) bond motifs is 1. The molecule has 2 nitrogen and oxygen atoms in total. The van der Waals surface area contributed by atoms with E-state index < -0.39 is 0 Å². The van der Waals surface area contributed by atoms with Crippen LogP contribution in [-0.4, -0.2) is 36.6 Å². The Morgan fingerprint density at radius 2 is 1.94 bits per heavy atom. The molecule has 0 spiro atoms. The van der Waals surface area contributed by atoms with Crippen molar-refractivity contribution in [3.05, 3.63) is 29.3 Å². The molecule has 0 amide bonds. The van der Waals surface area contributed by atoms with E-state index in [0.29, 0.717) is 6.04 Å². The molecule has 0 aliphatic carbocycles. The van der Waals surface area contributed by atoms with Gasteiger partial charge in [-0.05, 0) is 50.6 Å². The van der Waals surface area contributed by atoms with Crippen LogP contribution in [-0.2, 0) is 0 Å². The number of benzene rings is 1. The molecular weight excluding hydrogens is 232 g/mol. The zero-order chi connectivity index (χ0) is 11.8. The van der Waals surface area contributed by atoms with Gasteiger partial charge in [0.25, 0.3) is 0 Å². The number of hydrogen-bond donors (Lipinski definition) is 0. The quantitative estimate of drug-likeness (QED) is 0.756. The molecule has 1 aromatic carbocycles. The van der Waals surface area contributed by atoms with Gasteiger partial charge in [0, 0.05) is 35.9 Å². The van der Waals surface area contributed by atoms with E-state index in [1.54, 1.807) is 0 Å². The van der Waals surface area contributed by atoms with Crippen LogP contribution in [0.5, 0.6) is 0 Å². The van der Waals surface area contributed by atoms with Crippen molar-refractivity contribution >= 4 is 17.3 Å². The fourth-order valence-electron chi connectivity index (χ4n) is 3.18. The van der Waals surface area contributed by atoms with Crippen molar-refractivity contribution in [3.8, 4) is 0 Å². The Morgan fingerprint density at radius 1 is 1.18 bits per heavy atom. The van der Waals surface area contributed by atoms with Gasteiger partial charge >= 0.3 is 0 Å². The minimum atomic E-state index is 0.602. The molecule has 0 radical (unpaired) electrons. The lowest BCUT2D eigenvalue weighted by molar-refractivity contribution is 0.203. The average Bonchev–Trinajstić information content (AvgIpc) is 2.76. The maximum atomic E-state index is 5.95. The van der Waals surface area contributed by atoms with Gasteiger partial charge in [-0.2, -0.15) is 0 Å². The zero-order valence-corrected chi connectivity index (χ0v) is 11.0. The Morgan fingerprint density at radius 3 is 2.71 bits per heavy atom. The maximum absolute atomic E-state index is 5.95. The van der Waals surface area contributed by atoms with Gasteiger partial charge in [0.15, 0.2) is 0 Å². The van der Waals surface area contributed by atoms with E-state index in [9.17, 15) is 0 Å². The predicted octanol–water partition coefficient (Wildman–Crippen LogP) is 3.01. The molecule has 2 aliphatic rings. The Bertz CT molecular complexity index is 390. The third-order valence-corrected chi connectivity index (χ3v) is 4.35. The van der Waals surface area contributed by atoms with E-state index in [1.807, 2.05) is 12.1 Å². The van der Waals surface area contributed by atoms with Crippen molar-refractivity contribution in [2.75, 3.05) is 24.5 Å². The highest BCUT2D eigenvalue weighted by Gasteiger charge is 2.34. The van der Waals surface area contributed by atoms with Gasteiger partial charge in [-0.25, -0.2) is 0 Å². The molecule has 2 saturated heterocycles. The molecule has 0 N–H and O–H groups in total. The van der Waals surface area contributed by atoms with Gasteiger partial charge in [0.05, 0.1) is 0 Å². The third kappa shape index (κ3) is 2.16. The largest absolute Gasteiger partial charge is 0.366 e. The molecule has 3 heteroatoms. The smallest absolute Gasteiger partial charge is 0.0407 e. The molecule has 2 atom stereocenters. The van der Waals surface area contributed by atoms with Gasteiger partial charge in [0.1, 0.15) is 0 Å². The van der Waals surface area contributed by atoms with Crippen LogP contribution in [0.4, 0.5) is 5.69 Å². The van der Waals surface area contributed by atoms with Crippen LogP contribution in [0.15, 0.2) is 24.3 Å². The van der Waals surface area contributed by atoms with E-state index in [0.717, 1.165) is 11.1 Å². The Labute approximate surface area is 108 Å². The van der Waals surface area contributed by atoms with Gasteiger partial charge < -0.3 is 4.90 Å². The second-order valence-corrected chi connectivity index (χ2v) is 5.71. The number of rotatable bonds is 1. The van der Waals surface area contributed by atoms with Gasteiger partial charge in [-0.3, -0.25) is 4.90 Å². The lowest BCUT2D eigenvalue weighted by Crippen LogP contribution is -2.55. The highest BCUT2D eigenvalue weighted by Crippen LogP contribution is 2.29. The molecule has 92 valence electrons. The molecule has 0 aromatic heterocycles. The van der Waals surface area contributed by atoms with Crippen molar-refractivity contribution in [2.45, 2.75) is 31.8 Å². The molecule has 3 rings (SSSR count). The van der Waals surface area contributed by atoms with E-state index in [2.05, 4.69) is 28.9 Å².